The fourth-order valence-electron chi connectivity index (χ4n) is 1.69. The largest absolute Gasteiger partial charge is 0.394 e. The topological polar surface area (TPSA) is 90.4 Å². The van der Waals surface area contributed by atoms with Gasteiger partial charge in [0.25, 0.3) is 0 Å². The van der Waals surface area contributed by atoms with E-state index < -0.39 is 11.9 Å². The number of aromatic nitrogens is 2. The zero-order valence-electron chi connectivity index (χ0n) is 8.67. The summed E-state index contributed by atoms with van der Waals surface area (Å²) in [6, 6.07) is 1.52. The molecule has 1 saturated heterocycles. The number of aliphatic hydroxyl groups is 1. The average molecular weight is 223 g/mol. The van der Waals surface area contributed by atoms with Crippen molar-refractivity contribution in [3.8, 4) is 0 Å². The van der Waals surface area contributed by atoms with Gasteiger partial charge in [-0.25, -0.2) is 4.79 Å². The molecule has 1 fully saturated rings. The number of nitrogens with zero attached hydrogens (tertiary/aromatic N) is 2. The van der Waals surface area contributed by atoms with Gasteiger partial charge in [-0.15, -0.1) is 0 Å². The maximum Gasteiger partial charge on any atom is 0.351 e. The van der Waals surface area contributed by atoms with Crippen molar-refractivity contribution in [2.75, 3.05) is 12.3 Å². The smallest absolute Gasteiger partial charge is 0.351 e. The van der Waals surface area contributed by atoms with Gasteiger partial charge in [0, 0.05) is 12.6 Å². The van der Waals surface area contributed by atoms with Crippen LogP contribution in [-0.4, -0.2) is 27.4 Å². The summed E-state index contributed by atoms with van der Waals surface area (Å²) in [6.45, 7) is 3.73. The molecule has 1 aliphatic rings. The summed E-state index contributed by atoms with van der Waals surface area (Å²) < 4.78 is 6.78. The third-order valence-electron chi connectivity index (χ3n) is 2.47. The SMILES string of the molecule is C=C1C[C@@H](CO)O[C@H]1n1ccc(N)nc1=O. The molecular formula is C10H13N3O3. The summed E-state index contributed by atoms with van der Waals surface area (Å²) in [4.78, 5) is 15.2. The highest BCUT2D eigenvalue weighted by atomic mass is 16.5. The molecule has 0 saturated carbocycles. The highest BCUT2D eigenvalue weighted by Crippen LogP contribution is 2.31. The molecule has 86 valence electrons. The van der Waals surface area contributed by atoms with Gasteiger partial charge in [-0.2, -0.15) is 4.98 Å². The second-order valence-corrected chi connectivity index (χ2v) is 3.70. The Kier molecular flexibility index (Phi) is 2.76. The third kappa shape index (κ3) is 1.84. The Hall–Kier alpha value is -1.66. The van der Waals surface area contributed by atoms with Crippen molar-refractivity contribution in [1.82, 2.24) is 9.55 Å². The number of ether oxygens (including phenoxy) is 1. The molecule has 0 aliphatic carbocycles. The first-order valence-corrected chi connectivity index (χ1v) is 4.90. The molecule has 3 N–H and O–H groups in total. The van der Waals surface area contributed by atoms with E-state index >= 15 is 0 Å². The molecule has 0 unspecified atom stereocenters. The van der Waals surface area contributed by atoms with Crippen molar-refractivity contribution in [1.29, 1.82) is 0 Å². The van der Waals surface area contributed by atoms with Gasteiger partial charge in [-0.1, -0.05) is 6.58 Å². The van der Waals surface area contributed by atoms with E-state index in [0.29, 0.717) is 6.42 Å². The van der Waals surface area contributed by atoms with Gasteiger partial charge in [-0.05, 0) is 11.6 Å². The van der Waals surface area contributed by atoms with Crippen LogP contribution in [0.25, 0.3) is 0 Å². The molecule has 0 spiro atoms. The maximum atomic E-state index is 11.6. The van der Waals surface area contributed by atoms with E-state index in [1.807, 2.05) is 0 Å². The van der Waals surface area contributed by atoms with E-state index in [4.69, 9.17) is 15.6 Å². The van der Waals surface area contributed by atoms with Gasteiger partial charge < -0.3 is 15.6 Å². The molecule has 1 aromatic rings. The van der Waals surface area contributed by atoms with Crippen LogP contribution < -0.4 is 11.4 Å². The minimum atomic E-state index is -0.558. The molecular weight excluding hydrogens is 210 g/mol. The minimum Gasteiger partial charge on any atom is -0.394 e. The Morgan fingerprint density at radius 3 is 3.06 bits per heavy atom. The minimum absolute atomic E-state index is 0.0906. The Morgan fingerprint density at radius 2 is 2.50 bits per heavy atom. The zero-order valence-corrected chi connectivity index (χ0v) is 8.67. The van der Waals surface area contributed by atoms with Gasteiger partial charge in [0.15, 0.2) is 6.23 Å². The second kappa shape index (κ2) is 4.07. The van der Waals surface area contributed by atoms with Crippen LogP contribution in [0.2, 0.25) is 0 Å². The van der Waals surface area contributed by atoms with Crippen LogP contribution in [0, 0.1) is 0 Å². The van der Waals surface area contributed by atoms with Crippen molar-refractivity contribution in [3.63, 3.8) is 0 Å². The first-order chi connectivity index (χ1) is 7.61. The van der Waals surface area contributed by atoms with E-state index in [2.05, 4.69) is 11.6 Å². The number of hydrogen-bond acceptors (Lipinski definition) is 5. The lowest BCUT2D eigenvalue weighted by Crippen LogP contribution is -2.28. The molecule has 16 heavy (non-hydrogen) atoms. The lowest BCUT2D eigenvalue weighted by molar-refractivity contribution is -0.0168. The Balaban J connectivity index is 2.31. The number of nitrogens with two attached hydrogens (primary N) is 1. The summed E-state index contributed by atoms with van der Waals surface area (Å²) in [7, 11) is 0. The van der Waals surface area contributed by atoms with Crippen molar-refractivity contribution in [2.45, 2.75) is 18.8 Å². The highest BCUT2D eigenvalue weighted by molar-refractivity contribution is 5.24. The third-order valence-corrected chi connectivity index (χ3v) is 2.47. The number of anilines is 1. The van der Waals surface area contributed by atoms with E-state index in [1.54, 1.807) is 0 Å². The normalized spacial score (nSPS) is 24.9. The number of nitrogen functional groups attached to an aromatic ring is 1. The average Bonchev–Trinajstić information content (AvgIpc) is 2.60. The van der Waals surface area contributed by atoms with Crippen molar-refractivity contribution in [3.05, 3.63) is 34.9 Å². The number of hydrogen-bond donors (Lipinski definition) is 2. The van der Waals surface area contributed by atoms with Gasteiger partial charge in [0.05, 0.1) is 12.7 Å². The van der Waals surface area contributed by atoms with Gasteiger partial charge in [0.2, 0.25) is 0 Å². The molecule has 2 heterocycles. The van der Waals surface area contributed by atoms with Crippen LogP contribution in [-0.2, 0) is 4.74 Å². The van der Waals surface area contributed by atoms with Crippen molar-refractivity contribution in [2.24, 2.45) is 0 Å². The molecule has 2 rings (SSSR count). The lowest BCUT2D eigenvalue weighted by atomic mass is 10.2. The molecule has 0 aromatic carbocycles. The first-order valence-electron chi connectivity index (χ1n) is 4.90. The van der Waals surface area contributed by atoms with Gasteiger partial charge in [0.1, 0.15) is 5.82 Å². The predicted molar refractivity (Wildman–Crippen MR) is 57.7 cm³/mol. The van der Waals surface area contributed by atoms with E-state index in [-0.39, 0.29) is 18.5 Å². The van der Waals surface area contributed by atoms with Crippen LogP contribution >= 0.6 is 0 Å². The molecule has 0 radical (unpaired) electrons. The van der Waals surface area contributed by atoms with Crippen LogP contribution in [0.3, 0.4) is 0 Å². The van der Waals surface area contributed by atoms with Gasteiger partial charge in [-0.3, -0.25) is 4.57 Å². The first kappa shape index (κ1) is 10.8. The second-order valence-electron chi connectivity index (χ2n) is 3.70. The standard InChI is InChI=1S/C10H13N3O3/c1-6-4-7(5-14)16-9(6)13-3-2-8(11)12-10(13)15/h2-3,7,9,14H,1,4-5H2,(H2,11,12,15)/t7-,9+/m0/s1. The van der Waals surface area contributed by atoms with Crippen LogP contribution in [0.5, 0.6) is 0 Å². The fourth-order valence-corrected chi connectivity index (χ4v) is 1.69. The van der Waals surface area contributed by atoms with E-state index in [0.717, 1.165) is 5.57 Å². The summed E-state index contributed by atoms with van der Waals surface area (Å²) in [5.41, 5.74) is 5.65. The maximum absolute atomic E-state index is 11.6. The van der Waals surface area contributed by atoms with Gasteiger partial charge >= 0.3 is 5.69 Å². The molecule has 6 heteroatoms. The molecule has 1 aliphatic heterocycles. The summed E-state index contributed by atoms with van der Waals surface area (Å²) in [5, 5.41) is 8.97. The molecule has 6 nitrogen and oxygen atoms in total. The molecule has 0 amide bonds. The van der Waals surface area contributed by atoms with E-state index in [9.17, 15) is 4.79 Å². The zero-order chi connectivity index (χ0) is 11.7. The number of rotatable bonds is 2. The van der Waals surface area contributed by atoms with Crippen LogP contribution in [0.15, 0.2) is 29.2 Å². The molecule has 2 atom stereocenters. The lowest BCUT2D eigenvalue weighted by Gasteiger charge is -2.14. The van der Waals surface area contributed by atoms with E-state index in [1.165, 1.54) is 16.8 Å². The molecule has 1 aromatic heterocycles. The summed E-state index contributed by atoms with van der Waals surface area (Å²) in [5.74, 6) is 0.170. The van der Waals surface area contributed by atoms with Crippen molar-refractivity contribution < 1.29 is 9.84 Å². The van der Waals surface area contributed by atoms with Crippen LogP contribution in [0.4, 0.5) is 5.82 Å². The Morgan fingerprint density at radius 1 is 1.75 bits per heavy atom. The highest BCUT2D eigenvalue weighted by Gasteiger charge is 2.30. The monoisotopic (exact) mass is 223 g/mol. The van der Waals surface area contributed by atoms with Crippen LogP contribution in [0.1, 0.15) is 12.6 Å². The fraction of sp³-hybridized carbons (Fsp3) is 0.400. The molecule has 0 bridgehead atoms. The van der Waals surface area contributed by atoms with Crippen molar-refractivity contribution >= 4 is 5.82 Å². The summed E-state index contributed by atoms with van der Waals surface area (Å²) >= 11 is 0. The Bertz CT molecular complexity index is 469. The quantitative estimate of drug-likeness (QED) is 0.669. The summed E-state index contributed by atoms with van der Waals surface area (Å²) in [6.07, 6.45) is 1.19. The predicted octanol–water partition coefficient (Wildman–Crippen LogP) is -0.338. The Labute approximate surface area is 92.0 Å². The number of aliphatic hydroxyl groups excluding tert-OH is 1.